The van der Waals surface area contributed by atoms with Gasteiger partial charge in [0.15, 0.2) is 6.10 Å². The van der Waals surface area contributed by atoms with E-state index in [1.54, 1.807) is 6.92 Å². The van der Waals surface area contributed by atoms with Gasteiger partial charge in [0, 0.05) is 35.2 Å². The van der Waals surface area contributed by atoms with E-state index >= 15 is 0 Å². The van der Waals surface area contributed by atoms with Crippen molar-refractivity contribution in [2.75, 3.05) is 0 Å². The first kappa shape index (κ1) is 23.6. The smallest absolute Gasteiger partial charge is 0.313 e. The van der Waals surface area contributed by atoms with E-state index in [2.05, 4.69) is 0 Å². The summed E-state index contributed by atoms with van der Waals surface area (Å²) in [5.74, 6) is -2.38. The van der Waals surface area contributed by atoms with Crippen LogP contribution in [-0.4, -0.2) is 58.3 Å². The number of carbonyl (C=O) groups is 3. The van der Waals surface area contributed by atoms with Crippen LogP contribution in [0.1, 0.15) is 60.3 Å². The normalized spacial score (nSPS) is 43.7. The largest absolute Gasteiger partial charge is 0.462 e. The molecule has 3 saturated carbocycles. The number of carbonyl (C=O) groups excluding carboxylic acids is 3. The van der Waals surface area contributed by atoms with Crippen LogP contribution in [0.15, 0.2) is 11.8 Å². The molecule has 0 aromatic heterocycles. The van der Waals surface area contributed by atoms with E-state index in [1.807, 2.05) is 13.8 Å². The van der Waals surface area contributed by atoms with Gasteiger partial charge in [-0.3, -0.25) is 14.4 Å². The second kappa shape index (κ2) is 7.43. The number of fused-ring (bicyclic) bond motifs is 3. The Hall–Kier alpha value is -2.13. The average molecular weight is 479 g/mol. The lowest BCUT2D eigenvalue weighted by molar-refractivity contribution is -0.213. The van der Waals surface area contributed by atoms with Crippen molar-refractivity contribution in [1.82, 2.24) is 0 Å². The quantitative estimate of drug-likeness (QED) is 0.434. The Morgan fingerprint density at radius 1 is 1.24 bits per heavy atom. The highest BCUT2D eigenvalue weighted by Crippen LogP contribution is 2.77. The highest BCUT2D eigenvalue weighted by Gasteiger charge is 2.82. The van der Waals surface area contributed by atoms with Crippen LogP contribution in [0.3, 0.4) is 0 Å². The molecule has 9 heteroatoms. The molecule has 2 heterocycles. The Kier molecular flexibility index (Phi) is 5.16. The van der Waals surface area contributed by atoms with Gasteiger partial charge in [0.25, 0.3) is 0 Å². The number of hydrogen-bond acceptors (Lipinski definition) is 9. The number of aliphatic hydroxyl groups excluding tert-OH is 1. The molecule has 3 bridgehead atoms. The third-order valence-corrected chi connectivity index (χ3v) is 8.61. The van der Waals surface area contributed by atoms with Gasteiger partial charge in [0.2, 0.25) is 6.29 Å². The minimum atomic E-state index is -1.23. The Bertz CT molecular complexity index is 949. The van der Waals surface area contributed by atoms with Crippen LogP contribution in [0.5, 0.6) is 0 Å². The van der Waals surface area contributed by atoms with Crippen molar-refractivity contribution < 1.29 is 43.5 Å². The highest BCUT2D eigenvalue weighted by molar-refractivity contribution is 5.82. The molecule has 9 nitrogen and oxygen atoms in total. The summed E-state index contributed by atoms with van der Waals surface area (Å²) in [7, 11) is 0. The van der Waals surface area contributed by atoms with E-state index in [0.29, 0.717) is 18.4 Å². The lowest BCUT2D eigenvalue weighted by Crippen LogP contribution is -2.58. The second-order valence-electron chi connectivity index (χ2n) is 12.0. The standard InChI is InChI=1S/C25H34O9/c1-11(2)6-16(27)32-18-13-8-25-12-7-15(26)20(25)24(13,5)22(29)34-19(18)14(25)10-31-21(12)33-17(28)9-23(3,4)30/h10-13,15,18-21,26,30H,6-9H2,1-5H3/t12-,13-,15+,18-,19+,20-,21-,24+,25-/m0/s1. The molecule has 5 aliphatic rings. The molecule has 1 spiro atoms. The minimum Gasteiger partial charge on any atom is -0.462 e. The van der Waals surface area contributed by atoms with Crippen molar-refractivity contribution in [3.05, 3.63) is 11.8 Å². The number of esters is 3. The molecule has 0 amide bonds. The van der Waals surface area contributed by atoms with E-state index in [1.165, 1.54) is 20.1 Å². The highest BCUT2D eigenvalue weighted by atomic mass is 16.7. The minimum absolute atomic E-state index is 0.128. The first-order chi connectivity index (χ1) is 15.8. The van der Waals surface area contributed by atoms with E-state index in [0.717, 1.165) is 0 Å². The van der Waals surface area contributed by atoms with Crippen molar-refractivity contribution >= 4 is 17.9 Å². The van der Waals surface area contributed by atoms with Crippen molar-refractivity contribution in [2.24, 2.45) is 34.5 Å². The van der Waals surface area contributed by atoms with Gasteiger partial charge in [0.05, 0.1) is 29.8 Å². The fourth-order valence-electron chi connectivity index (χ4n) is 7.55. The van der Waals surface area contributed by atoms with Gasteiger partial charge in [-0.2, -0.15) is 0 Å². The van der Waals surface area contributed by atoms with E-state index in [-0.39, 0.29) is 36.6 Å². The van der Waals surface area contributed by atoms with Gasteiger partial charge >= 0.3 is 17.9 Å². The molecule has 1 saturated heterocycles. The van der Waals surface area contributed by atoms with Crippen LogP contribution in [0.25, 0.3) is 0 Å². The zero-order chi connectivity index (χ0) is 24.8. The van der Waals surface area contributed by atoms with Crippen LogP contribution in [0.4, 0.5) is 0 Å². The average Bonchev–Trinajstić information content (AvgIpc) is 3.08. The molecule has 2 aliphatic heterocycles. The van der Waals surface area contributed by atoms with Crippen LogP contribution in [0, 0.1) is 34.5 Å². The van der Waals surface area contributed by atoms with Gasteiger partial charge < -0.3 is 29.2 Å². The molecule has 3 aliphatic carbocycles. The first-order valence-electron chi connectivity index (χ1n) is 12.2. The molecule has 4 fully saturated rings. The summed E-state index contributed by atoms with van der Waals surface area (Å²) in [6.45, 7) is 8.71. The summed E-state index contributed by atoms with van der Waals surface area (Å²) in [4.78, 5) is 38.3. The van der Waals surface area contributed by atoms with E-state index in [9.17, 15) is 24.6 Å². The maximum absolute atomic E-state index is 13.3. The van der Waals surface area contributed by atoms with E-state index < -0.39 is 58.9 Å². The SMILES string of the molecule is CC(C)CC(=O)O[C@@H]1[C@@H]2OC(=O)[C@]3(C)[C@H]1C[C@@]14C2=CO[C@@H](OC(=O)CC(C)(C)O)[C@@H]1C[C@@H](O)[C@@H]34. The van der Waals surface area contributed by atoms with Crippen LogP contribution in [0.2, 0.25) is 0 Å². The predicted molar refractivity (Wildman–Crippen MR) is 115 cm³/mol. The Labute approximate surface area is 198 Å². The fourth-order valence-corrected chi connectivity index (χ4v) is 7.55. The van der Waals surface area contributed by atoms with Crippen LogP contribution < -0.4 is 0 Å². The molecular weight excluding hydrogens is 444 g/mol. The molecule has 2 N–H and O–H groups in total. The Morgan fingerprint density at radius 3 is 2.59 bits per heavy atom. The zero-order valence-electron chi connectivity index (χ0n) is 20.3. The molecule has 0 radical (unpaired) electrons. The molecule has 34 heavy (non-hydrogen) atoms. The summed E-state index contributed by atoms with van der Waals surface area (Å²) < 4.78 is 23.3. The lowest BCUT2D eigenvalue weighted by atomic mass is 9.61. The maximum Gasteiger partial charge on any atom is 0.313 e. The number of rotatable bonds is 6. The lowest BCUT2D eigenvalue weighted by Gasteiger charge is -2.51. The third-order valence-electron chi connectivity index (χ3n) is 8.61. The van der Waals surface area contributed by atoms with Crippen LogP contribution >= 0.6 is 0 Å². The third kappa shape index (κ3) is 3.15. The van der Waals surface area contributed by atoms with Gasteiger partial charge in [-0.1, -0.05) is 13.8 Å². The van der Waals surface area contributed by atoms with E-state index in [4.69, 9.17) is 18.9 Å². The summed E-state index contributed by atoms with van der Waals surface area (Å²) in [6.07, 6.45) is -0.866. The number of ether oxygens (including phenoxy) is 4. The molecular formula is C25H34O9. The van der Waals surface area contributed by atoms with Crippen molar-refractivity contribution in [1.29, 1.82) is 0 Å². The van der Waals surface area contributed by atoms with Crippen molar-refractivity contribution in [3.8, 4) is 0 Å². The number of hydrogen-bond donors (Lipinski definition) is 2. The zero-order valence-corrected chi connectivity index (χ0v) is 20.3. The number of aliphatic hydroxyl groups is 2. The molecule has 0 aromatic carbocycles. The molecule has 0 aromatic rings. The van der Waals surface area contributed by atoms with Crippen LogP contribution in [-0.2, 0) is 33.3 Å². The van der Waals surface area contributed by atoms with Gasteiger partial charge in [-0.15, -0.1) is 0 Å². The molecule has 9 atom stereocenters. The molecule has 188 valence electrons. The fraction of sp³-hybridized carbons (Fsp3) is 0.800. The Morgan fingerprint density at radius 2 is 1.94 bits per heavy atom. The first-order valence-corrected chi connectivity index (χ1v) is 12.2. The molecule has 5 rings (SSSR count). The predicted octanol–water partition coefficient (Wildman–Crippen LogP) is 1.84. The topological polar surface area (TPSA) is 129 Å². The molecule has 0 unspecified atom stereocenters. The van der Waals surface area contributed by atoms with Gasteiger partial charge in [-0.25, -0.2) is 0 Å². The van der Waals surface area contributed by atoms with Gasteiger partial charge in [-0.05, 0) is 39.5 Å². The second-order valence-corrected chi connectivity index (χ2v) is 12.0. The van der Waals surface area contributed by atoms with Crippen molar-refractivity contribution in [3.63, 3.8) is 0 Å². The van der Waals surface area contributed by atoms with Crippen molar-refractivity contribution in [2.45, 2.75) is 90.5 Å². The monoisotopic (exact) mass is 478 g/mol. The maximum atomic E-state index is 13.3. The summed E-state index contributed by atoms with van der Waals surface area (Å²) in [5, 5.41) is 21.2. The summed E-state index contributed by atoms with van der Waals surface area (Å²) in [5.41, 5.74) is -2.23. The summed E-state index contributed by atoms with van der Waals surface area (Å²) >= 11 is 0. The summed E-state index contributed by atoms with van der Waals surface area (Å²) in [6, 6.07) is 0. The van der Waals surface area contributed by atoms with Gasteiger partial charge in [0.1, 0.15) is 6.10 Å². The Balaban J connectivity index is 1.51.